The number of benzene rings is 1. The van der Waals surface area contributed by atoms with Crippen LogP contribution in [-0.2, 0) is 0 Å². The predicted molar refractivity (Wildman–Crippen MR) is 71.2 cm³/mol. The van der Waals surface area contributed by atoms with Crippen molar-refractivity contribution in [3.63, 3.8) is 0 Å². The van der Waals surface area contributed by atoms with E-state index in [0.717, 1.165) is 31.0 Å². The van der Waals surface area contributed by atoms with Crippen LogP contribution in [0.25, 0.3) is 0 Å². The Hall–Kier alpha value is -0.740. The average Bonchev–Trinajstić information content (AvgIpc) is 2.57. The standard InChI is InChI=1S/C13H18FNOS/c1-10(16)11-4-2-5-12(14)13(11)15-6-3-8-17-9-7-15/h2,4-5,10,16H,3,6-9H2,1H3/t10-/m0/s1. The molecule has 1 N–H and O–H groups in total. The number of aliphatic hydroxyl groups excluding tert-OH is 1. The normalized spacial score (nSPS) is 18.9. The van der Waals surface area contributed by atoms with E-state index in [4.69, 9.17) is 0 Å². The molecule has 1 fully saturated rings. The number of hydrogen-bond acceptors (Lipinski definition) is 3. The first-order chi connectivity index (χ1) is 8.20. The first kappa shape index (κ1) is 12.7. The SMILES string of the molecule is C[C@H](O)c1cccc(F)c1N1CCCSCC1. The quantitative estimate of drug-likeness (QED) is 0.879. The highest BCUT2D eigenvalue weighted by molar-refractivity contribution is 7.99. The van der Waals surface area contributed by atoms with Gasteiger partial charge in [0, 0.05) is 24.4 Å². The van der Waals surface area contributed by atoms with Crippen molar-refractivity contribution < 1.29 is 9.50 Å². The largest absolute Gasteiger partial charge is 0.389 e. The van der Waals surface area contributed by atoms with Crippen molar-refractivity contribution >= 4 is 17.4 Å². The zero-order chi connectivity index (χ0) is 12.3. The summed E-state index contributed by atoms with van der Waals surface area (Å²) in [7, 11) is 0. The average molecular weight is 255 g/mol. The van der Waals surface area contributed by atoms with Gasteiger partial charge in [0.05, 0.1) is 11.8 Å². The molecule has 1 aliphatic rings. The number of thioether (sulfide) groups is 1. The van der Waals surface area contributed by atoms with E-state index in [2.05, 4.69) is 4.90 Å². The topological polar surface area (TPSA) is 23.5 Å². The Morgan fingerprint density at radius 3 is 2.94 bits per heavy atom. The molecule has 4 heteroatoms. The molecule has 1 saturated heterocycles. The Balaban J connectivity index is 2.34. The van der Waals surface area contributed by atoms with Crippen molar-refractivity contribution in [1.29, 1.82) is 0 Å². The van der Waals surface area contributed by atoms with Gasteiger partial charge in [-0.1, -0.05) is 12.1 Å². The van der Waals surface area contributed by atoms with Crippen molar-refractivity contribution in [2.45, 2.75) is 19.4 Å². The van der Waals surface area contributed by atoms with E-state index in [-0.39, 0.29) is 5.82 Å². The van der Waals surface area contributed by atoms with Gasteiger partial charge >= 0.3 is 0 Å². The minimum Gasteiger partial charge on any atom is -0.389 e. The minimum absolute atomic E-state index is 0.227. The van der Waals surface area contributed by atoms with Crippen LogP contribution in [0.5, 0.6) is 0 Å². The summed E-state index contributed by atoms with van der Waals surface area (Å²) < 4.78 is 14.0. The summed E-state index contributed by atoms with van der Waals surface area (Å²) in [5, 5.41) is 9.73. The maximum absolute atomic E-state index is 14.0. The summed E-state index contributed by atoms with van der Waals surface area (Å²) in [4.78, 5) is 2.07. The molecule has 94 valence electrons. The van der Waals surface area contributed by atoms with E-state index in [1.807, 2.05) is 11.8 Å². The van der Waals surface area contributed by atoms with Gasteiger partial charge in [0.1, 0.15) is 5.82 Å². The summed E-state index contributed by atoms with van der Waals surface area (Å²) in [5.74, 6) is 1.93. The Bertz CT molecular complexity index is 376. The monoisotopic (exact) mass is 255 g/mol. The maximum atomic E-state index is 14.0. The first-order valence-corrected chi connectivity index (χ1v) is 7.15. The van der Waals surface area contributed by atoms with Gasteiger partial charge in [-0.05, 0) is 25.2 Å². The summed E-state index contributed by atoms with van der Waals surface area (Å²) >= 11 is 1.91. The first-order valence-electron chi connectivity index (χ1n) is 5.99. The van der Waals surface area contributed by atoms with E-state index >= 15 is 0 Å². The van der Waals surface area contributed by atoms with Gasteiger partial charge in [0.15, 0.2) is 0 Å². The van der Waals surface area contributed by atoms with Crippen LogP contribution in [0, 0.1) is 5.82 Å². The third kappa shape index (κ3) is 2.93. The molecule has 1 aromatic carbocycles. The van der Waals surface area contributed by atoms with Crippen LogP contribution in [0.4, 0.5) is 10.1 Å². The predicted octanol–water partition coefficient (Wildman–Crippen LogP) is 2.82. The van der Waals surface area contributed by atoms with Crippen LogP contribution >= 0.6 is 11.8 Å². The number of halogens is 1. The lowest BCUT2D eigenvalue weighted by atomic mass is 10.1. The molecule has 0 radical (unpaired) electrons. The Kier molecular flexibility index (Phi) is 4.29. The van der Waals surface area contributed by atoms with Crippen LogP contribution in [0.2, 0.25) is 0 Å². The van der Waals surface area contributed by atoms with Crippen LogP contribution < -0.4 is 4.90 Å². The van der Waals surface area contributed by atoms with E-state index < -0.39 is 6.10 Å². The summed E-state index contributed by atoms with van der Waals surface area (Å²) in [5.41, 5.74) is 1.28. The fourth-order valence-electron chi connectivity index (χ4n) is 2.17. The smallest absolute Gasteiger partial charge is 0.146 e. The fourth-order valence-corrected chi connectivity index (χ4v) is 3.06. The third-order valence-corrected chi connectivity index (χ3v) is 4.06. The van der Waals surface area contributed by atoms with Gasteiger partial charge in [-0.25, -0.2) is 4.39 Å². The van der Waals surface area contributed by atoms with Crippen molar-refractivity contribution in [3.8, 4) is 0 Å². The number of nitrogens with zero attached hydrogens (tertiary/aromatic N) is 1. The highest BCUT2D eigenvalue weighted by Gasteiger charge is 2.19. The van der Waals surface area contributed by atoms with Gasteiger partial charge in [-0.3, -0.25) is 0 Å². The second-order valence-corrected chi connectivity index (χ2v) is 5.53. The molecule has 0 aliphatic carbocycles. The zero-order valence-electron chi connectivity index (χ0n) is 10.0. The lowest BCUT2D eigenvalue weighted by Crippen LogP contribution is -2.28. The highest BCUT2D eigenvalue weighted by Crippen LogP contribution is 2.30. The van der Waals surface area contributed by atoms with E-state index in [1.54, 1.807) is 19.1 Å². The molecule has 0 spiro atoms. The third-order valence-electron chi connectivity index (χ3n) is 3.01. The molecule has 1 aromatic rings. The molecular weight excluding hydrogens is 237 g/mol. The number of aliphatic hydroxyl groups is 1. The molecule has 2 nitrogen and oxygen atoms in total. The van der Waals surface area contributed by atoms with Gasteiger partial charge in [0.2, 0.25) is 0 Å². The number of para-hydroxylation sites is 1. The van der Waals surface area contributed by atoms with Crippen LogP contribution in [0.3, 0.4) is 0 Å². The summed E-state index contributed by atoms with van der Waals surface area (Å²) in [6.45, 7) is 3.41. The fraction of sp³-hybridized carbons (Fsp3) is 0.538. The minimum atomic E-state index is -0.628. The number of hydrogen-bond donors (Lipinski definition) is 1. The van der Waals surface area contributed by atoms with Crippen LogP contribution in [0.1, 0.15) is 25.0 Å². The van der Waals surface area contributed by atoms with E-state index in [9.17, 15) is 9.50 Å². The lowest BCUT2D eigenvalue weighted by Gasteiger charge is -2.26. The van der Waals surface area contributed by atoms with Gasteiger partial charge in [-0.2, -0.15) is 11.8 Å². The van der Waals surface area contributed by atoms with Crippen molar-refractivity contribution in [1.82, 2.24) is 0 Å². The Morgan fingerprint density at radius 2 is 2.18 bits per heavy atom. The molecule has 0 unspecified atom stereocenters. The van der Waals surface area contributed by atoms with E-state index in [1.165, 1.54) is 6.07 Å². The summed E-state index contributed by atoms with van der Waals surface area (Å²) in [6.07, 6.45) is 0.440. The second kappa shape index (κ2) is 5.74. The molecule has 0 aromatic heterocycles. The second-order valence-electron chi connectivity index (χ2n) is 4.31. The van der Waals surface area contributed by atoms with Crippen LogP contribution in [0.15, 0.2) is 18.2 Å². The van der Waals surface area contributed by atoms with E-state index in [0.29, 0.717) is 11.3 Å². The molecule has 1 heterocycles. The number of rotatable bonds is 2. The Labute approximate surface area is 106 Å². The molecule has 1 aliphatic heterocycles. The molecule has 2 rings (SSSR count). The van der Waals surface area contributed by atoms with Gasteiger partial charge in [-0.15, -0.1) is 0 Å². The van der Waals surface area contributed by atoms with Crippen molar-refractivity contribution in [2.75, 3.05) is 29.5 Å². The Morgan fingerprint density at radius 1 is 1.35 bits per heavy atom. The molecule has 0 amide bonds. The molecule has 1 atom stereocenters. The van der Waals surface area contributed by atoms with Crippen molar-refractivity contribution in [2.24, 2.45) is 0 Å². The molecule has 17 heavy (non-hydrogen) atoms. The van der Waals surface area contributed by atoms with Gasteiger partial charge < -0.3 is 10.0 Å². The summed E-state index contributed by atoms with van der Waals surface area (Å²) in [6, 6.07) is 4.94. The van der Waals surface area contributed by atoms with Crippen molar-refractivity contribution in [3.05, 3.63) is 29.6 Å². The molecule has 0 bridgehead atoms. The van der Waals surface area contributed by atoms with Gasteiger partial charge in [0.25, 0.3) is 0 Å². The maximum Gasteiger partial charge on any atom is 0.146 e. The molecule has 0 saturated carbocycles. The van der Waals surface area contributed by atoms with Crippen LogP contribution in [-0.4, -0.2) is 29.7 Å². The highest BCUT2D eigenvalue weighted by atomic mass is 32.2. The zero-order valence-corrected chi connectivity index (χ0v) is 10.8. The molecular formula is C13H18FNOS. The number of anilines is 1. The lowest BCUT2D eigenvalue weighted by molar-refractivity contribution is 0.199.